The summed E-state index contributed by atoms with van der Waals surface area (Å²) in [7, 11) is 0. The van der Waals surface area contributed by atoms with E-state index >= 15 is 0 Å². The van der Waals surface area contributed by atoms with Crippen LogP contribution in [0.5, 0.6) is 0 Å². The number of benzene rings is 3. The molecule has 2 fully saturated rings. The van der Waals surface area contributed by atoms with Crippen LogP contribution in [0.25, 0.3) is 0 Å². The summed E-state index contributed by atoms with van der Waals surface area (Å²) >= 11 is 14.9. The average Bonchev–Trinajstić information content (AvgIpc) is 3.26. The highest BCUT2D eigenvalue weighted by atomic mass is 127. The lowest BCUT2D eigenvalue weighted by molar-refractivity contribution is -0.126. The number of hydrogen-bond acceptors (Lipinski definition) is 4. The third-order valence-corrected chi connectivity index (χ3v) is 7.04. The van der Waals surface area contributed by atoms with Gasteiger partial charge in [0.15, 0.2) is 6.10 Å². The summed E-state index contributed by atoms with van der Waals surface area (Å²) in [4.78, 5) is 34.5. The lowest BCUT2D eigenvalue weighted by Gasteiger charge is -2.29. The van der Waals surface area contributed by atoms with Crippen molar-refractivity contribution >= 4 is 69.0 Å². The Morgan fingerprint density at radius 3 is 2.38 bits per heavy atom. The number of amides is 2. The Morgan fingerprint density at radius 2 is 1.69 bits per heavy atom. The number of carbonyl (C=O) groups excluding carboxylic acids is 2. The van der Waals surface area contributed by atoms with E-state index in [4.69, 9.17) is 28.0 Å². The molecule has 0 spiro atoms. The number of fused-ring (bicyclic) bond motifs is 1. The van der Waals surface area contributed by atoms with Crippen LogP contribution in [0.2, 0.25) is 10.0 Å². The highest BCUT2D eigenvalue weighted by molar-refractivity contribution is 14.1. The van der Waals surface area contributed by atoms with Crippen LogP contribution in [0.3, 0.4) is 0 Å². The van der Waals surface area contributed by atoms with Crippen LogP contribution in [-0.2, 0) is 14.4 Å². The molecule has 0 aromatic heterocycles. The minimum atomic E-state index is -0.946. The largest absolute Gasteiger partial charge is 0.273 e. The molecule has 0 radical (unpaired) electrons. The first kappa shape index (κ1) is 21.7. The van der Waals surface area contributed by atoms with Crippen LogP contribution < -0.4 is 9.96 Å². The van der Waals surface area contributed by atoms with Crippen molar-refractivity contribution < 1.29 is 14.4 Å². The minimum Gasteiger partial charge on any atom is -0.273 e. The SMILES string of the molecule is Cc1cc(I)ccc1N1C(=O)C2ON(c3ccccc3)C(c3ccc(Cl)cc3Cl)C2C1=O. The lowest BCUT2D eigenvalue weighted by atomic mass is 9.90. The van der Waals surface area contributed by atoms with Crippen LogP contribution >= 0.6 is 45.8 Å². The summed E-state index contributed by atoms with van der Waals surface area (Å²) in [6.07, 6.45) is -0.946. The number of imide groups is 1. The zero-order valence-corrected chi connectivity index (χ0v) is 20.5. The second-order valence-electron chi connectivity index (χ2n) is 7.77. The van der Waals surface area contributed by atoms with E-state index in [1.54, 1.807) is 29.3 Å². The molecule has 2 aliphatic rings. The third-order valence-electron chi connectivity index (χ3n) is 5.81. The van der Waals surface area contributed by atoms with Crippen molar-refractivity contribution in [1.29, 1.82) is 0 Å². The number of hydrogen-bond donors (Lipinski definition) is 0. The molecular formula is C24H17Cl2IN2O3. The number of rotatable bonds is 3. The van der Waals surface area contributed by atoms with Crippen molar-refractivity contribution in [3.8, 4) is 0 Å². The van der Waals surface area contributed by atoms with Gasteiger partial charge < -0.3 is 0 Å². The van der Waals surface area contributed by atoms with Gasteiger partial charge in [0.1, 0.15) is 5.92 Å². The van der Waals surface area contributed by atoms with E-state index in [1.807, 2.05) is 49.4 Å². The van der Waals surface area contributed by atoms with Crippen molar-refractivity contribution in [2.24, 2.45) is 5.92 Å². The Labute approximate surface area is 209 Å². The van der Waals surface area contributed by atoms with Gasteiger partial charge in [-0.25, -0.2) is 9.96 Å². The quantitative estimate of drug-likeness (QED) is 0.284. The second-order valence-corrected chi connectivity index (χ2v) is 9.86. The average molecular weight is 579 g/mol. The molecule has 0 bridgehead atoms. The van der Waals surface area contributed by atoms with Gasteiger partial charge in [0.2, 0.25) is 5.91 Å². The van der Waals surface area contributed by atoms with Crippen LogP contribution in [0, 0.1) is 16.4 Å². The maximum absolute atomic E-state index is 13.7. The van der Waals surface area contributed by atoms with Gasteiger partial charge in [0, 0.05) is 13.6 Å². The second kappa shape index (κ2) is 8.33. The summed E-state index contributed by atoms with van der Waals surface area (Å²) < 4.78 is 1.03. The topological polar surface area (TPSA) is 49.9 Å². The summed E-state index contributed by atoms with van der Waals surface area (Å²) in [6.45, 7) is 1.89. The van der Waals surface area contributed by atoms with Crippen LogP contribution in [0.15, 0.2) is 66.7 Å². The maximum Gasteiger partial charge on any atom is 0.266 e. The van der Waals surface area contributed by atoms with E-state index in [0.29, 0.717) is 21.3 Å². The fraction of sp³-hybridized carbons (Fsp3) is 0.167. The van der Waals surface area contributed by atoms with Crippen LogP contribution in [0.1, 0.15) is 17.2 Å². The lowest BCUT2D eigenvalue weighted by Crippen LogP contribution is -2.37. The van der Waals surface area contributed by atoms with Gasteiger partial charge in [-0.3, -0.25) is 14.4 Å². The Balaban J connectivity index is 1.62. The summed E-state index contributed by atoms with van der Waals surface area (Å²) in [6, 6.07) is 19.6. The smallest absolute Gasteiger partial charge is 0.266 e. The zero-order chi connectivity index (χ0) is 22.6. The molecule has 3 unspecified atom stereocenters. The fourth-order valence-corrected chi connectivity index (χ4v) is 5.54. The van der Waals surface area contributed by atoms with E-state index in [9.17, 15) is 9.59 Å². The summed E-state index contributed by atoms with van der Waals surface area (Å²) in [5.74, 6) is -1.43. The molecule has 5 rings (SSSR count). The molecule has 3 aromatic carbocycles. The molecule has 3 atom stereocenters. The molecule has 2 aliphatic heterocycles. The molecule has 2 saturated heterocycles. The molecule has 2 heterocycles. The highest BCUT2D eigenvalue weighted by Crippen LogP contribution is 2.49. The molecule has 2 amide bonds. The number of hydroxylamine groups is 1. The van der Waals surface area contributed by atoms with E-state index in [-0.39, 0.29) is 11.8 Å². The van der Waals surface area contributed by atoms with Crippen molar-refractivity contribution in [3.63, 3.8) is 0 Å². The molecule has 0 aliphatic carbocycles. The van der Waals surface area contributed by atoms with Gasteiger partial charge in [-0.2, -0.15) is 0 Å². The van der Waals surface area contributed by atoms with Gasteiger partial charge in [-0.15, -0.1) is 0 Å². The molecular weight excluding hydrogens is 562 g/mol. The molecule has 0 saturated carbocycles. The first-order valence-electron chi connectivity index (χ1n) is 9.97. The highest BCUT2D eigenvalue weighted by Gasteiger charge is 2.60. The molecule has 8 heteroatoms. The summed E-state index contributed by atoms with van der Waals surface area (Å²) in [5.41, 5.74) is 2.83. The predicted octanol–water partition coefficient (Wildman–Crippen LogP) is 5.96. The number of halogens is 3. The first-order chi connectivity index (χ1) is 15.4. The zero-order valence-electron chi connectivity index (χ0n) is 16.8. The van der Waals surface area contributed by atoms with Gasteiger partial charge in [-0.05, 0) is 83.1 Å². The van der Waals surface area contributed by atoms with Gasteiger partial charge >= 0.3 is 0 Å². The summed E-state index contributed by atoms with van der Waals surface area (Å²) in [5, 5.41) is 2.53. The van der Waals surface area contributed by atoms with Gasteiger partial charge in [0.05, 0.1) is 17.4 Å². The molecule has 32 heavy (non-hydrogen) atoms. The molecule has 0 N–H and O–H groups in total. The fourth-order valence-electron chi connectivity index (χ4n) is 4.38. The van der Waals surface area contributed by atoms with Crippen molar-refractivity contribution in [1.82, 2.24) is 0 Å². The maximum atomic E-state index is 13.7. The monoisotopic (exact) mass is 578 g/mol. The number of para-hydroxylation sites is 1. The first-order valence-corrected chi connectivity index (χ1v) is 11.8. The van der Waals surface area contributed by atoms with Crippen molar-refractivity contribution in [2.45, 2.75) is 19.1 Å². The van der Waals surface area contributed by atoms with E-state index < -0.39 is 18.1 Å². The van der Waals surface area contributed by atoms with Crippen molar-refractivity contribution in [3.05, 3.63) is 91.5 Å². The number of carbonyl (C=O) groups is 2. The van der Waals surface area contributed by atoms with Crippen LogP contribution in [0.4, 0.5) is 11.4 Å². The number of nitrogens with zero attached hydrogens (tertiary/aromatic N) is 2. The Hall–Kier alpha value is -2.13. The van der Waals surface area contributed by atoms with Crippen LogP contribution in [-0.4, -0.2) is 17.9 Å². The Morgan fingerprint density at radius 1 is 0.938 bits per heavy atom. The molecule has 5 nitrogen and oxygen atoms in total. The third kappa shape index (κ3) is 3.50. The number of anilines is 2. The Kier molecular flexibility index (Phi) is 5.65. The number of aryl methyl sites for hydroxylation is 1. The van der Waals surface area contributed by atoms with E-state index in [1.165, 1.54) is 4.90 Å². The van der Waals surface area contributed by atoms with E-state index in [2.05, 4.69) is 22.6 Å². The Bertz CT molecular complexity index is 1240. The standard InChI is InChI=1S/C24H17Cl2IN2O3/c1-13-11-15(27)8-10-19(13)28-23(30)20-21(17-9-7-14(25)12-18(17)26)29(32-22(20)24(28)31)16-5-3-2-4-6-16/h2-12,20-22H,1H3. The molecule has 3 aromatic rings. The van der Waals surface area contributed by atoms with Crippen molar-refractivity contribution in [2.75, 3.05) is 9.96 Å². The van der Waals surface area contributed by atoms with E-state index in [0.717, 1.165) is 14.8 Å². The van der Waals surface area contributed by atoms with Gasteiger partial charge in [-0.1, -0.05) is 47.5 Å². The molecule has 162 valence electrons. The van der Waals surface area contributed by atoms with Gasteiger partial charge in [0.25, 0.3) is 5.91 Å². The minimum absolute atomic E-state index is 0.307. The predicted molar refractivity (Wildman–Crippen MR) is 133 cm³/mol. The normalized spacial score (nSPS) is 22.6.